The molecule has 0 radical (unpaired) electrons. The van der Waals surface area contributed by atoms with E-state index in [0.29, 0.717) is 50.0 Å². The number of nitrogens with zero attached hydrogens (tertiary/aromatic N) is 5. The second kappa shape index (κ2) is 11.4. The molecule has 192 valence electrons. The van der Waals surface area contributed by atoms with Crippen LogP contribution in [0.2, 0.25) is 20.1 Å². The standard InChI is InChI=1S/C25H21Cl4N5O3/c26-17-1-3-20(22(28)9-17)24(11-33-7-5-30-15-33)32-36-13-19-12-35-25(37-19,14-34-8-6-31-16-34)21-4-2-18(27)10-23(21)29/h1-10,15-16,19H,11-14H2/b32-24+. The molecular formula is C25H21Cl4N5O3. The largest absolute Gasteiger partial charge is 0.393 e. The Hall–Kier alpha value is -2.59. The molecule has 5 rings (SSSR count). The Bertz CT molecular complexity index is 1380. The number of ether oxygens (including phenoxy) is 2. The van der Waals surface area contributed by atoms with E-state index < -0.39 is 11.9 Å². The van der Waals surface area contributed by atoms with Gasteiger partial charge >= 0.3 is 0 Å². The lowest BCUT2D eigenvalue weighted by Gasteiger charge is -2.29. The molecule has 0 bridgehead atoms. The monoisotopic (exact) mass is 579 g/mol. The molecule has 1 aliphatic rings. The number of hydrogen-bond acceptors (Lipinski definition) is 6. The lowest BCUT2D eigenvalue weighted by molar-refractivity contribution is -0.191. The summed E-state index contributed by atoms with van der Waals surface area (Å²) in [4.78, 5) is 14.0. The maximum Gasteiger partial charge on any atom is 0.215 e. The van der Waals surface area contributed by atoms with Gasteiger partial charge in [0, 0.05) is 46.0 Å². The molecule has 0 aliphatic carbocycles. The van der Waals surface area contributed by atoms with E-state index in [4.69, 9.17) is 60.7 Å². The summed E-state index contributed by atoms with van der Waals surface area (Å²) < 4.78 is 16.3. The van der Waals surface area contributed by atoms with Crippen LogP contribution >= 0.6 is 46.4 Å². The SMILES string of the molecule is Clc1ccc(/C(Cn2ccnc2)=N/OCC2COC(Cn3ccnc3)(c3ccc(Cl)cc3Cl)O2)c(Cl)c1. The van der Waals surface area contributed by atoms with Crippen molar-refractivity contribution in [3.8, 4) is 0 Å². The van der Waals surface area contributed by atoms with E-state index in [0.717, 1.165) is 0 Å². The molecule has 2 aromatic heterocycles. The van der Waals surface area contributed by atoms with Gasteiger partial charge in [-0.1, -0.05) is 57.6 Å². The van der Waals surface area contributed by atoms with Crippen LogP contribution in [0.4, 0.5) is 0 Å². The summed E-state index contributed by atoms with van der Waals surface area (Å²) in [5.74, 6) is -1.15. The molecule has 3 heterocycles. The van der Waals surface area contributed by atoms with Crippen molar-refractivity contribution >= 4 is 52.1 Å². The Balaban J connectivity index is 1.35. The zero-order valence-corrected chi connectivity index (χ0v) is 22.3. The van der Waals surface area contributed by atoms with Crippen LogP contribution < -0.4 is 0 Å². The van der Waals surface area contributed by atoms with Crippen molar-refractivity contribution in [3.05, 3.63) is 105 Å². The predicted octanol–water partition coefficient (Wildman–Crippen LogP) is 6.08. The molecular weight excluding hydrogens is 560 g/mol. The molecule has 1 aliphatic heterocycles. The summed E-state index contributed by atoms with van der Waals surface area (Å²) in [5.41, 5.74) is 1.96. The maximum absolute atomic E-state index is 6.54. The summed E-state index contributed by atoms with van der Waals surface area (Å²) in [5, 5.41) is 6.35. The van der Waals surface area contributed by atoms with Gasteiger partial charge in [-0.3, -0.25) is 0 Å². The minimum absolute atomic E-state index is 0.134. The number of halogens is 4. The van der Waals surface area contributed by atoms with Gasteiger partial charge in [0.05, 0.1) is 42.4 Å². The highest BCUT2D eigenvalue weighted by atomic mass is 35.5. The van der Waals surface area contributed by atoms with Gasteiger partial charge in [-0.15, -0.1) is 0 Å². The van der Waals surface area contributed by atoms with Crippen molar-refractivity contribution in [1.29, 1.82) is 0 Å². The highest BCUT2D eigenvalue weighted by molar-refractivity contribution is 6.37. The molecule has 0 N–H and O–H groups in total. The summed E-state index contributed by atoms with van der Waals surface area (Å²) in [6.45, 7) is 1.13. The predicted molar refractivity (Wildman–Crippen MR) is 142 cm³/mol. The molecule has 2 atom stereocenters. The normalized spacial score (nSPS) is 19.9. The van der Waals surface area contributed by atoms with Crippen LogP contribution in [0.1, 0.15) is 11.1 Å². The minimum Gasteiger partial charge on any atom is -0.393 e. The third kappa shape index (κ3) is 6.12. The van der Waals surface area contributed by atoms with Gasteiger partial charge in [0.15, 0.2) is 0 Å². The molecule has 4 aromatic rings. The summed E-state index contributed by atoms with van der Waals surface area (Å²) in [6, 6.07) is 10.4. The molecule has 0 amide bonds. The minimum atomic E-state index is -1.15. The van der Waals surface area contributed by atoms with E-state index in [1.807, 2.05) is 21.5 Å². The van der Waals surface area contributed by atoms with Gasteiger partial charge in [-0.25, -0.2) is 9.97 Å². The summed E-state index contributed by atoms with van der Waals surface area (Å²) in [7, 11) is 0. The van der Waals surface area contributed by atoms with Crippen LogP contribution in [0.3, 0.4) is 0 Å². The van der Waals surface area contributed by atoms with Gasteiger partial charge in [0.2, 0.25) is 5.79 Å². The smallest absolute Gasteiger partial charge is 0.215 e. The van der Waals surface area contributed by atoms with Gasteiger partial charge in [0.1, 0.15) is 18.4 Å². The number of benzene rings is 2. The van der Waals surface area contributed by atoms with Crippen molar-refractivity contribution < 1.29 is 14.3 Å². The number of imidazole rings is 2. The summed E-state index contributed by atoms with van der Waals surface area (Å²) >= 11 is 25.2. The Kier molecular flexibility index (Phi) is 8.04. The fourth-order valence-electron chi connectivity index (χ4n) is 4.01. The van der Waals surface area contributed by atoms with Gasteiger partial charge in [-0.2, -0.15) is 0 Å². The zero-order chi connectivity index (χ0) is 25.8. The quantitative estimate of drug-likeness (QED) is 0.177. The molecule has 0 spiro atoms. The average Bonchev–Trinajstić information content (AvgIpc) is 3.63. The third-order valence-corrected chi connectivity index (χ3v) is 6.82. The lowest BCUT2D eigenvalue weighted by Crippen LogP contribution is -2.34. The Morgan fingerprint density at radius 3 is 2.35 bits per heavy atom. The fraction of sp³-hybridized carbons (Fsp3) is 0.240. The first-order valence-electron chi connectivity index (χ1n) is 11.2. The van der Waals surface area contributed by atoms with Gasteiger partial charge in [-0.05, 0) is 30.3 Å². The van der Waals surface area contributed by atoms with Crippen molar-refractivity contribution in [2.45, 2.75) is 25.0 Å². The number of rotatable bonds is 9. The first-order chi connectivity index (χ1) is 17.9. The van der Waals surface area contributed by atoms with Crippen molar-refractivity contribution in [2.75, 3.05) is 13.2 Å². The molecule has 2 unspecified atom stereocenters. The second-order valence-electron chi connectivity index (χ2n) is 8.36. The Morgan fingerprint density at radius 1 is 0.973 bits per heavy atom. The average molecular weight is 581 g/mol. The molecule has 1 saturated heterocycles. The first kappa shape index (κ1) is 26.0. The van der Waals surface area contributed by atoms with Gasteiger partial charge in [0.25, 0.3) is 0 Å². The highest BCUT2D eigenvalue weighted by Crippen LogP contribution is 2.40. The van der Waals surface area contributed by atoms with Gasteiger partial charge < -0.3 is 23.4 Å². The Labute approximate surface area is 233 Å². The molecule has 0 saturated carbocycles. The van der Waals surface area contributed by atoms with E-state index in [2.05, 4.69) is 15.1 Å². The molecule has 8 nitrogen and oxygen atoms in total. The fourth-order valence-corrected chi connectivity index (χ4v) is 5.08. The zero-order valence-electron chi connectivity index (χ0n) is 19.3. The van der Waals surface area contributed by atoms with Crippen LogP contribution in [0.15, 0.2) is 79.0 Å². The van der Waals surface area contributed by atoms with Crippen LogP contribution in [0.5, 0.6) is 0 Å². The van der Waals surface area contributed by atoms with Crippen LogP contribution in [0.25, 0.3) is 0 Å². The number of oxime groups is 1. The third-order valence-electron chi connectivity index (χ3n) is 5.72. The molecule has 37 heavy (non-hydrogen) atoms. The van der Waals surface area contributed by atoms with Crippen LogP contribution in [-0.2, 0) is 33.2 Å². The van der Waals surface area contributed by atoms with Crippen molar-refractivity contribution in [2.24, 2.45) is 5.16 Å². The highest BCUT2D eigenvalue weighted by Gasteiger charge is 2.45. The van der Waals surface area contributed by atoms with E-state index >= 15 is 0 Å². The number of hydrogen-bond donors (Lipinski definition) is 0. The molecule has 12 heteroatoms. The topological polar surface area (TPSA) is 75.7 Å². The van der Waals surface area contributed by atoms with Crippen molar-refractivity contribution in [1.82, 2.24) is 19.1 Å². The van der Waals surface area contributed by atoms with E-state index in [1.165, 1.54) is 0 Å². The number of aromatic nitrogens is 4. The summed E-state index contributed by atoms with van der Waals surface area (Å²) in [6.07, 6.45) is 9.98. The van der Waals surface area contributed by atoms with Crippen LogP contribution in [0, 0.1) is 0 Å². The van der Waals surface area contributed by atoms with Crippen LogP contribution in [-0.4, -0.2) is 44.1 Å². The van der Waals surface area contributed by atoms with Crippen molar-refractivity contribution in [3.63, 3.8) is 0 Å². The molecule has 1 fully saturated rings. The van der Waals surface area contributed by atoms with E-state index in [-0.39, 0.29) is 13.2 Å². The Morgan fingerprint density at radius 2 is 1.68 bits per heavy atom. The van der Waals surface area contributed by atoms with E-state index in [9.17, 15) is 0 Å². The van der Waals surface area contributed by atoms with E-state index in [1.54, 1.807) is 61.4 Å². The first-order valence-corrected chi connectivity index (χ1v) is 12.8. The maximum atomic E-state index is 6.54. The second-order valence-corrected chi connectivity index (χ2v) is 10.0. The lowest BCUT2D eigenvalue weighted by atomic mass is 10.1. The molecule has 2 aromatic carbocycles.